The SMILES string of the molecule is C#CC1CCCP(C)(=S)O1. The summed E-state index contributed by atoms with van der Waals surface area (Å²) in [5.74, 6) is 2.60. The second kappa shape index (κ2) is 3.05. The van der Waals surface area contributed by atoms with Gasteiger partial charge in [0.2, 0.25) is 0 Å². The van der Waals surface area contributed by atoms with Gasteiger partial charge in [0.25, 0.3) is 0 Å². The van der Waals surface area contributed by atoms with Crippen molar-refractivity contribution in [1.82, 2.24) is 0 Å². The van der Waals surface area contributed by atoms with Crippen LogP contribution in [0.15, 0.2) is 0 Å². The van der Waals surface area contributed by atoms with Crippen LogP contribution in [0.1, 0.15) is 12.8 Å². The maximum Gasteiger partial charge on any atom is 0.123 e. The highest BCUT2D eigenvalue weighted by atomic mass is 32.4. The van der Waals surface area contributed by atoms with E-state index in [2.05, 4.69) is 5.92 Å². The van der Waals surface area contributed by atoms with Crippen molar-refractivity contribution in [2.24, 2.45) is 0 Å². The van der Waals surface area contributed by atoms with E-state index in [1.54, 1.807) is 0 Å². The van der Waals surface area contributed by atoms with Gasteiger partial charge < -0.3 is 4.52 Å². The third-order valence-corrected chi connectivity index (χ3v) is 4.20. The Morgan fingerprint density at radius 3 is 2.90 bits per heavy atom. The molecule has 0 bridgehead atoms. The molecule has 0 aromatic carbocycles. The Bertz CT molecular complexity index is 206. The second-order valence-corrected chi connectivity index (χ2v) is 7.64. The average molecular weight is 174 g/mol. The maximum absolute atomic E-state index is 5.51. The fourth-order valence-corrected chi connectivity index (χ4v) is 3.32. The van der Waals surface area contributed by atoms with Gasteiger partial charge in [-0.1, -0.05) is 17.7 Å². The first-order valence-electron chi connectivity index (χ1n) is 3.35. The molecule has 0 N–H and O–H groups in total. The molecule has 3 heteroatoms. The Kier molecular flexibility index (Phi) is 2.52. The van der Waals surface area contributed by atoms with Gasteiger partial charge in [0.1, 0.15) is 6.10 Å². The summed E-state index contributed by atoms with van der Waals surface area (Å²) < 4.78 is 5.51. The van der Waals surface area contributed by atoms with Crippen LogP contribution in [-0.4, -0.2) is 18.9 Å². The molecule has 1 fully saturated rings. The standard InChI is InChI=1S/C7H11OPS/c1-3-7-5-4-6-9(2,10)8-7/h1,7H,4-6H2,2H3. The van der Waals surface area contributed by atoms with Crippen LogP contribution in [0.2, 0.25) is 0 Å². The average Bonchev–Trinajstić information content (AvgIpc) is 1.86. The molecule has 1 aliphatic heterocycles. The van der Waals surface area contributed by atoms with Crippen LogP contribution in [0.4, 0.5) is 0 Å². The van der Waals surface area contributed by atoms with Crippen molar-refractivity contribution in [2.45, 2.75) is 18.9 Å². The molecule has 0 aliphatic carbocycles. The summed E-state index contributed by atoms with van der Waals surface area (Å²) >= 11 is 5.23. The van der Waals surface area contributed by atoms with Crippen LogP contribution >= 0.6 is 6.26 Å². The van der Waals surface area contributed by atoms with Gasteiger partial charge in [0.15, 0.2) is 0 Å². The van der Waals surface area contributed by atoms with E-state index >= 15 is 0 Å². The van der Waals surface area contributed by atoms with Crippen LogP contribution in [0.5, 0.6) is 0 Å². The van der Waals surface area contributed by atoms with E-state index in [0.29, 0.717) is 0 Å². The summed E-state index contributed by atoms with van der Waals surface area (Å²) in [6, 6.07) is 0. The van der Waals surface area contributed by atoms with Gasteiger partial charge in [-0.25, -0.2) is 0 Å². The van der Waals surface area contributed by atoms with Gasteiger partial charge in [-0.2, -0.15) is 0 Å². The molecular formula is C7H11OPS. The van der Waals surface area contributed by atoms with E-state index in [1.807, 2.05) is 6.66 Å². The molecule has 1 rings (SSSR count). The monoisotopic (exact) mass is 174 g/mol. The molecule has 1 saturated heterocycles. The van der Waals surface area contributed by atoms with Crippen LogP contribution in [0.25, 0.3) is 0 Å². The van der Waals surface area contributed by atoms with E-state index in [9.17, 15) is 0 Å². The quantitative estimate of drug-likeness (QED) is 0.409. The number of terminal acetylenes is 1. The fourth-order valence-electron chi connectivity index (χ4n) is 1.05. The van der Waals surface area contributed by atoms with Crippen LogP contribution in [0, 0.1) is 12.3 Å². The van der Waals surface area contributed by atoms with Gasteiger partial charge in [0, 0.05) is 0 Å². The van der Waals surface area contributed by atoms with E-state index < -0.39 is 6.26 Å². The molecule has 0 amide bonds. The summed E-state index contributed by atoms with van der Waals surface area (Å²) in [7, 11) is 0. The summed E-state index contributed by atoms with van der Waals surface area (Å²) in [5, 5.41) is 0. The molecule has 2 unspecified atom stereocenters. The van der Waals surface area contributed by atoms with Gasteiger partial charge in [-0.3, -0.25) is 0 Å². The van der Waals surface area contributed by atoms with E-state index in [4.69, 9.17) is 22.8 Å². The molecule has 0 spiro atoms. The van der Waals surface area contributed by atoms with E-state index in [-0.39, 0.29) is 6.10 Å². The smallest absolute Gasteiger partial charge is 0.123 e. The van der Waals surface area contributed by atoms with Crippen molar-refractivity contribution < 1.29 is 4.52 Å². The highest BCUT2D eigenvalue weighted by Crippen LogP contribution is 2.48. The summed E-state index contributed by atoms with van der Waals surface area (Å²) in [4.78, 5) is 0. The lowest BCUT2D eigenvalue weighted by Crippen LogP contribution is -2.15. The van der Waals surface area contributed by atoms with E-state index in [1.165, 1.54) is 0 Å². The molecule has 0 aromatic rings. The highest BCUT2D eigenvalue weighted by molar-refractivity contribution is 8.11. The lowest BCUT2D eigenvalue weighted by atomic mass is 10.2. The van der Waals surface area contributed by atoms with Crippen molar-refractivity contribution >= 4 is 18.1 Å². The highest BCUT2D eigenvalue weighted by Gasteiger charge is 2.21. The molecule has 0 saturated carbocycles. The number of hydrogen-bond acceptors (Lipinski definition) is 2. The predicted molar refractivity (Wildman–Crippen MR) is 48.0 cm³/mol. The summed E-state index contributed by atoms with van der Waals surface area (Å²) in [5.41, 5.74) is 0. The predicted octanol–water partition coefficient (Wildman–Crippen LogP) is 1.82. The Hall–Kier alpha value is 0.170. The second-order valence-electron chi connectivity index (χ2n) is 2.64. The minimum Gasteiger partial charge on any atom is -0.335 e. The zero-order valence-corrected chi connectivity index (χ0v) is 7.75. The molecule has 0 aromatic heterocycles. The maximum atomic E-state index is 5.51. The Morgan fingerprint density at radius 2 is 2.50 bits per heavy atom. The fraction of sp³-hybridized carbons (Fsp3) is 0.714. The number of rotatable bonds is 0. The van der Waals surface area contributed by atoms with Crippen molar-refractivity contribution in [1.29, 1.82) is 0 Å². The molecule has 0 radical (unpaired) electrons. The topological polar surface area (TPSA) is 9.23 Å². The first kappa shape index (κ1) is 8.27. The van der Waals surface area contributed by atoms with Crippen molar-refractivity contribution in [3.8, 4) is 12.3 Å². The van der Waals surface area contributed by atoms with Crippen LogP contribution in [0.3, 0.4) is 0 Å². The molecule has 1 nitrogen and oxygen atoms in total. The first-order valence-corrected chi connectivity index (χ1v) is 6.70. The third kappa shape index (κ3) is 2.09. The zero-order valence-electron chi connectivity index (χ0n) is 6.04. The van der Waals surface area contributed by atoms with Gasteiger partial charge in [0.05, 0.1) is 6.26 Å². The minimum absolute atomic E-state index is 0.00424. The van der Waals surface area contributed by atoms with Crippen molar-refractivity contribution in [2.75, 3.05) is 12.8 Å². The largest absolute Gasteiger partial charge is 0.335 e. The van der Waals surface area contributed by atoms with Crippen molar-refractivity contribution in [3.63, 3.8) is 0 Å². The third-order valence-electron chi connectivity index (χ3n) is 1.57. The molecule has 10 heavy (non-hydrogen) atoms. The lowest BCUT2D eigenvalue weighted by Gasteiger charge is -2.27. The summed E-state index contributed by atoms with van der Waals surface area (Å²) in [6.07, 6.45) is 6.94. The Balaban J connectivity index is 2.58. The molecule has 56 valence electrons. The van der Waals surface area contributed by atoms with Gasteiger partial charge in [-0.05, 0) is 25.7 Å². The molecular weight excluding hydrogens is 163 g/mol. The molecule has 1 aliphatic rings. The van der Waals surface area contributed by atoms with E-state index in [0.717, 1.165) is 19.0 Å². The molecule has 2 atom stereocenters. The van der Waals surface area contributed by atoms with Crippen LogP contribution in [-0.2, 0) is 16.3 Å². The van der Waals surface area contributed by atoms with Crippen LogP contribution < -0.4 is 0 Å². The molecule has 1 heterocycles. The zero-order chi connectivity index (χ0) is 7.61. The number of hydrogen-bond donors (Lipinski definition) is 0. The van der Waals surface area contributed by atoms with Crippen molar-refractivity contribution in [3.05, 3.63) is 0 Å². The minimum atomic E-state index is -1.47. The summed E-state index contributed by atoms with van der Waals surface area (Å²) in [6.45, 7) is 2.02. The lowest BCUT2D eigenvalue weighted by molar-refractivity contribution is 0.257. The Morgan fingerprint density at radius 1 is 1.80 bits per heavy atom. The van der Waals surface area contributed by atoms with Gasteiger partial charge in [-0.15, -0.1) is 6.42 Å². The normalized spacial score (nSPS) is 40.6. The first-order chi connectivity index (χ1) is 4.64. The van der Waals surface area contributed by atoms with Gasteiger partial charge >= 0.3 is 0 Å². The Labute approximate surface area is 67.2 Å².